The number of amides is 3. The molecule has 0 atom stereocenters. The summed E-state index contributed by atoms with van der Waals surface area (Å²) in [7, 11) is 0. The van der Waals surface area contributed by atoms with Gasteiger partial charge in [-0.05, 0) is 0 Å². The minimum atomic E-state index is -1.17. The summed E-state index contributed by atoms with van der Waals surface area (Å²) in [6.07, 6.45) is 1.24. The van der Waals surface area contributed by atoms with Gasteiger partial charge in [-0.1, -0.05) is 5.21 Å². The van der Waals surface area contributed by atoms with Crippen LogP contribution in [0.5, 0.6) is 0 Å². The van der Waals surface area contributed by atoms with E-state index in [-0.39, 0.29) is 25.3 Å². The molecule has 1 aromatic heterocycles. The van der Waals surface area contributed by atoms with E-state index < -0.39 is 17.9 Å². The largest absolute Gasteiger partial charge is 0.476 e. The van der Waals surface area contributed by atoms with Crippen LogP contribution in [-0.2, 0) is 11.3 Å². The molecule has 1 aromatic rings. The van der Waals surface area contributed by atoms with Crippen molar-refractivity contribution < 1.29 is 19.5 Å². The number of nitrogens with one attached hydrogen (secondary N) is 2. The summed E-state index contributed by atoms with van der Waals surface area (Å²) in [4.78, 5) is 32.0. The number of aromatic nitrogens is 3. The maximum atomic E-state index is 11.1. The normalized spacial score (nSPS) is 9.78. The molecule has 0 bridgehead atoms. The lowest BCUT2D eigenvalue weighted by Crippen LogP contribution is -2.41. The van der Waals surface area contributed by atoms with Gasteiger partial charge in [-0.3, -0.25) is 4.79 Å². The zero-order valence-electron chi connectivity index (χ0n) is 9.29. The zero-order valence-corrected chi connectivity index (χ0v) is 9.29. The molecule has 0 aliphatic heterocycles. The lowest BCUT2D eigenvalue weighted by molar-refractivity contribution is -0.117. The minimum Gasteiger partial charge on any atom is -0.476 e. The summed E-state index contributed by atoms with van der Waals surface area (Å²) >= 11 is 0. The molecule has 0 spiro atoms. The molecular formula is C8H12N6O4. The molecule has 98 valence electrons. The fourth-order valence-corrected chi connectivity index (χ4v) is 1.02. The Balaban J connectivity index is 2.26. The maximum absolute atomic E-state index is 11.1. The first-order valence-corrected chi connectivity index (χ1v) is 4.92. The first kappa shape index (κ1) is 13.4. The second-order valence-corrected chi connectivity index (χ2v) is 3.25. The predicted octanol–water partition coefficient (Wildman–Crippen LogP) is -2.24. The number of nitrogens with zero attached hydrogens (tertiary/aromatic N) is 3. The molecule has 0 aromatic carbocycles. The second-order valence-electron chi connectivity index (χ2n) is 3.25. The Morgan fingerprint density at radius 1 is 1.39 bits per heavy atom. The van der Waals surface area contributed by atoms with Crippen molar-refractivity contribution in [2.24, 2.45) is 5.73 Å². The third-order valence-corrected chi connectivity index (χ3v) is 1.81. The molecule has 5 N–H and O–H groups in total. The van der Waals surface area contributed by atoms with Crippen molar-refractivity contribution in [2.45, 2.75) is 6.54 Å². The van der Waals surface area contributed by atoms with E-state index in [1.165, 1.54) is 10.9 Å². The Kier molecular flexibility index (Phi) is 4.60. The molecule has 1 heterocycles. The third-order valence-electron chi connectivity index (χ3n) is 1.81. The van der Waals surface area contributed by atoms with Crippen LogP contribution < -0.4 is 16.4 Å². The number of rotatable bonds is 6. The number of hydrogen-bond acceptors (Lipinski definition) is 5. The molecule has 18 heavy (non-hydrogen) atoms. The number of carbonyl (C=O) groups excluding carboxylic acids is 2. The van der Waals surface area contributed by atoms with E-state index in [9.17, 15) is 14.4 Å². The molecule has 3 amide bonds. The summed E-state index contributed by atoms with van der Waals surface area (Å²) in [5, 5.41) is 20.2. The van der Waals surface area contributed by atoms with Crippen molar-refractivity contribution in [3.8, 4) is 0 Å². The molecule has 0 fully saturated rings. The van der Waals surface area contributed by atoms with Crippen molar-refractivity contribution in [2.75, 3.05) is 13.1 Å². The quantitative estimate of drug-likeness (QED) is 0.451. The first-order valence-electron chi connectivity index (χ1n) is 4.92. The van der Waals surface area contributed by atoms with E-state index in [1.54, 1.807) is 0 Å². The van der Waals surface area contributed by atoms with E-state index in [4.69, 9.17) is 10.8 Å². The number of carbonyl (C=O) groups is 3. The zero-order chi connectivity index (χ0) is 13.5. The highest BCUT2D eigenvalue weighted by atomic mass is 16.4. The smallest absolute Gasteiger partial charge is 0.358 e. The molecule has 10 nitrogen and oxygen atoms in total. The standard InChI is InChI=1S/C8H12N6O4/c9-6(15)3-11-8(18)10-1-2-14-4-5(7(16)17)12-13-14/h4H,1-3H2,(H2,9,15)(H,16,17)(H2,10,11,18). The molecule has 0 aliphatic rings. The average molecular weight is 256 g/mol. The number of aromatic carboxylic acids is 1. The molecular weight excluding hydrogens is 244 g/mol. The highest BCUT2D eigenvalue weighted by molar-refractivity contribution is 5.84. The molecule has 0 unspecified atom stereocenters. The van der Waals surface area contributed by atoms with Crippen LogP contribution in [0.1, 0.15) is 10.5 Å². The molecule has 10 heteroatoms. The fourth-order valence-electron chi connectivity index (χ4n) is 1.02. The number of nitrogens with two attached hydrogens (primary N) is 1. The highest BCUT2D eigenvalue weighted by Gasteiger charge is 2.08. The number of carboxylic acid groups (broad SMARTS) is 1. The van der Waals surface area contributed by atoms with Gasteiger partial charge in [-0.2, -0.15) is 0 Å². The van der Waals surface area contributed by atoms with Gasteiger partial charge in [0.25, 0.3) is 0 Å². The summed E-state index contributed by atoms with van der Waals surface area (Å²) in [6.45, 7) is 0.204. The van der Waals surface area contributed by atoms with Gasteiger partial charge in [0, 0.05) is 6.54 Å². The topological polar surface area (TPSA) is 152 Å². The molecule has 0 saturated carbocycles. The summed E-state index contributed by atoms with van der Waals surface area (Å²) in [5.74, 6) is -1.82. The van der Waals surface area contributed by atoms with Gasteiger partial charge in [-0.25, -0.2) is 14.3 Å². The van der Waals surface area contributed by atoms with Crippen LogP contribution in [0.2, 0.25) is 0 Å². The van der Waals surface area contributed by atoms with Gasteiger partial charge in [0.15, 0.2) is 5.69 Å². The van der Waals surface area contributed by atoms with Gasteiger partial charge in [-0.15, -0.1) is 5.10 Å². The number of primary amides is 1. The van der Waals surface area contributed by atoms with Crippen LogP contribution in [0.25, 0.3) is 0 Å². The monoisotopic (exact) mass is 256 g/mol. The van der Waals surface area contributed by atoms with E-state index in [1.807, 2.05) is 0 Å². The van der Waals surface area contributed by atoms with Crippen LogP contribution >= 0.6 is 0 Å². The average Bonchev–Trinajstić information content (AvgIpc) is 2.75. The number of hydrogen-bond donors (Lipinski definition) is 4. The fraction of sp³-hybridized carbons (Fsp3) is 0.375. The maximum Gasteiger partial charge on any atom is 0.358 e. The van der Waals surface area contributed by atoms with Crippen LogP contribution in [0.15, 0.2) is 6.20 Å². The Morgan fingerprint density at radius 2 is 2.11 bits per heavy atom. The van der Waals surface area contributed by atoms with Crippen molar-refractivity contribution in [1.29, 1.82) is 0 Å². The Morgan fingerprint density at radius 3 is 2.67 bits per heavy atom. The second kappa shape index (κ2) is 6.18. The predicted molar refractivity (Wildman–Crippen MR) is 57.6 cm³/mol. The number of carboxylic acids is 1. The van der Waals surface area contributed by atoms with E-state index >= 15 is 0 Å². The van der Waals surface area contributed by atoms with E-state index in [0.717, 1.165) is 0 Å². The minimum absolute atomic E-state index is 0.173. The Hall–Kier alpha value is -2.65. The Bertz CT molecular complexity index is 456. The van der Waals surface area contributed by atoms with Crippen molar-refractivity contribution in [3.05, 3.63) is 11.9 Å². The van der Waals surface area contributed by atoms with E-state index in [0.29, 0.717) is 0 Å². The van der Waals surface area contributed by atoms with Crippen LogP contribution in [0, 0.1) is 0 Å². The summed E-state index contributed by atoms with van der Waals surface area (Å²) in [5.41, 5.74) is 4.66. The van der Waals surface area contributed by atoms with Crippen molar-refractivity contribution in [1.82, 2.24) is 25.6 Å². The highest BCUT2D eigenvalue weighted by Crippen LogP contribution is 1.91. The Labute approximate surface area is 101 Å². The third kappa shape index (κ3) is 4.47. The van der Waals surface area contributed by atoms with Gasteiger partial charge >= 0.3 is 12.0 Å². The van der Waals surface area contributed by atoms with Crippen molar-refractivity contribution >= 4 is 17.9 Å². The van der Waals surface area contributed by atoms with Crippen LogP contribution in [0.4, 0.5) is 4.79 Å². The van der Waals surface area contributed by atoms with Gasteiger partial charge < -0.3 is 21.5 Å². The lowest BCUT2D eigenvalue weighted by Gasteiger charge is -2.05. The molecule has 0 radical (unpaired) electrons. The van der Waals surface area contributed by atoms with E-state index in [2.05, 4.69) is 20.9 Å². The van der Waals surface area contributed by atoms with Gasteiger partial charge in [0.1, 0.15) is 0 Å². The lowest BCUT2D eigenvalue weighted by atomic mass is 10.5. The van der Waals surface area contributed by atoms with Crippen LogP contribution in [0.3, 0.4) is 0 Å². The summed E-state index contributed by atoms with van der Waals surface area (Å²) in [6, 6.07) is -0.549. The molecule has 0 saturated heterocycles. The molecule has 1 rings (SSSR count). The first-order chi connectivity index (χ1) is 8.49. The van der Waals surface area contributed by atoms with Crippen LogP contribution in [-0.4, -0.2) is 51.1 Å². The van der Waals surface area contributed by atoms with Gasteiger partial charge in [0.05, 0.1) is 19.3 Å². The number of urea groups is 1. The summed E-state index contributed by atoms with van der Waals surface area (Å²) < 4.78 is 1.28. The van der Waals surface area contributed by atoms with Crippen molar-refractivity contribution in [3.63, 3.8) is 0 Å². The van der Waals surface area contributed by atoms with Gasteiger partial charge in [0.2, 0.25) is 5.91 Å². The SMILES string of the molecule is NC(=O)CNC(=O)NCCn1cc(C(=O)O)nn1. The molecule has 0 aliphatic carbocycles.